The molecule has 1 nitrogen and oxygen atoms in total. The Morgan fingerprint density at radius 3 is 2.11 bits per heavy atom. The van der Waals surface area contributed by atoms with Crippen LogP contribution < -0.4 is 0 Å². The van der Waals surface area contributed by atoms with Crippen molar-refractivity contribution in [3.63, 3.8) is 0 Å². The third-order valence-electron chi connectivity index (χ3n) is 2.57. The molecule has 4 heteroatoms. The minimum atomic E-state index is 0.0688. The summed E-state index contributed by atoms with van der Waals surface area (Å²) < 4.78 is 1.86. The van der Waals surface area contributed by atoms with Gasteiger partial charge in [-0.05, 0) is 42.0 Å². The Labute approximate surface area is 127 Å². The van der Waals surface area contributed by atoms with E-state index in [2.05, 4.69) is 31.9 Å². The molecule has 0 radical (unpaired) electrons. The second-order valence-electron chi connectivity index (χ2n) is 3.81. The van der Waals surface area contributed by atoms with E-state index in [0.717, 1.165) is 14.5 Å². The first-order valence-corrected chi connectivity index (χ1v) is 7.26. The van der Waals surface area contributed by atoms with E-state index in [1.165, 1.54) is 0 Å². The first kappa shape index (κ1) is 13.8. The molecule has 0 amide bonds. The number of rotatable bonds is 3. The molecule has 0 aliphatic rings. The summed E-state index contributed by atoms with van der Waals surface area (Å²) >= 11 is 12.7. The zero-order valence-corrected chi connectivity index (χ0v) is 13.2. The Morgan fingerprint density at radius 2 is 1.56 bits per heavy atom. The maximum atomic E-state index is 12.1. The molecule has 0 bridgehead atoms. The van der Waals surface area contributed by atoms with Gasteiger partial charge in [0.25, 0.3) is 0 Å². The fourth-order valence-electron chi connectivity index (χ4n) is 1.60. The van der Waals surface area contributed by atoms with Crippen LogP contribution >= 0.6 is 43.5 Å². The van der Waals surface area contributed by atoms with Crippen molar-refractivity contribution in [3.8, 4) is 0 Å². The Balaban J connectivity index is 2.24. The lowest BCUT2D eigenvalue weighted by atomic mass is 10.0. The maximum absolute atomic E-state index is 12.1. The van der Waals surface area contributed by atoms with Crippen molar-refractivity contribution in [3.05, 3.63) is 67.6 Å². The van der Waals surface area contributed by atoms with Crippen LogP contribution in [0.2, 0.25) is 5.02 Å². The highest BCUT2D eigenvalue weighted by molar-refractivity contribution is 9.11. The normalized spacial score (nSPS) is 10.4. The maximum Gasteiger partial charge on any atom is 0.167 e. The van der Waals surface area contributed by atoms with E-state index in [1.54, 1.807) is 24.3 Å². The van der Waals surface area contributed by atoms with Crippen LogP contribution in [0.5, 0.6) is 0 Å². The van der Waals surface area contributed by atoms with Crippen LogP contribution in [0.25, 0.3) is 0 Å². The molecule has 0 aliphatic carbocycles. The van der Waals surface area contributed by atoms with Crippen LogP contribution in [-0.2, 0) is 6.42 Å². The van der Waals surface area contributed by atoms with Crippen molar-refractivity contribution in [2.45, 2.75) is 6.42 Å². The predicted molar refractivity (Wildman–Crippen MR) is 81.3 cm³/mol. The number of Topliss-reactive ketones (excluding diaryl/α,β-unsaturated/α-hetero) is 1. The molecule has 0 saturated heterocycles. The van der Waals surface area contributed by atoms with Gasteiger partial charge in [0.05, 0.1) is 0 Å². The Hall–Kier alpha value is -0.640. The molecule has 0 saturated carbocycles. The molecule has 0 aliphatic heterocycles. The van der Waals surface area contributed by atoms with Crippen molar-refractivity contribution < 1.29 is 4.79 Å². The lowest BCUT2D eigenvalue weighted by Crippen LogP contribution is -2.04. The van der Waals surface area contributed by atoms with Gasteiger partial charge >= 0.3 is 0 Å². The van der Waals surface area contributed by atoms with Crippen molar-refractivity contribution in [1.82, 2.24) is 0 Å². The first-order chi connectivity index (χ1) is 8.58. The quantitative estimate of drug-likeness (QED) is 0.653. The van der Waals surface area contributed by atoms with Gasteiger partial charge in [0.1, 0.15) is 0 Å². The smallest absolute Gasteiger partial charge is 0.167 e. The fraction of sp³-hybridized carbons (Fsp3) is 0.0714. The number of carbonyl (C=O) groups excluding carboxylic acids is 1. The molecule has 0 fully saturated rings. The molecule has 0 aromatic heterocycles. The molecule has 2 rings (SSSR count). The number of hydrogen-bond acceptors (Lipinski definition) is 1. The molecular formula is C14H9Br2ClO. The third kappa shape index (κ3) is 3.22. The topological polar surface area (TPSA) is 17.1 Å². The van der Waals surface area contributed by atoms with E-state index >= 15 is 0 Å². The molecule has 2 aromatic carbocycles. The van der Waals surface area contributed by atoms with Crippen LogP contribution in [0, 0.1) is 0 Å². The standard InChI is InChI=1S/C14H9Br2ClO/c15-12-2-1-3-13(16)11(12)8-14(18)9-4-6-10(17)7-5-9/h1-7H,8H2. The Morgan fingerprint density at radius 1 is 1.00 bits per heavy atom. The molecule has 0 spiro atoms. The monoisotopic (exact) mass is 386 g/mol. The molecule has 0 N–H and O–H groups in total. The summed E-state index contributed by atoms with van der Waals surface area (Å²) in [5.41, 5.74) is 1.62. The summed E-state index contributed by atoms with van der Waals surface area (Å²) in [6, 6.07) is 12.7. The Bertz CT molecular complexity index is 559. The lowest BCUT2D eigenvalue weighted by molar-refractivity contribution is 0.0992. The van der Waals surface area contributed by atoms with Gasteiger partial charge in [-0.25, -0.2) is 0 Å². The van der Waals surface area contributed by atoms with Gasteiger partial charge < -0.3 is 0 Å². The van der Waals surface area contributed by atoms with E-state index in [4.69, 9.17) is 11.6 Å². The van der Waals surface area contributed by atoms with Gasteiger partial charge in [0.2, 0.25) is 0 Å². The summed E-state index contributed by atoms with van der Waals surface area (Å²) in [5.74, 6) is 0.0688. The number of ketones is 1. The number of hydrogen-bond donors (Lipinski definition) is 0. The minimum Gasteiger partial charge on any atom is -0.294 e. The molecular weight excluding hydrogens is 379 g/mol. The van der Waals surface area contributed by atoms with Crippen LogP contribution in [0.15, 0.2) is 51.4 Å². The molecule has 18 heavy (non-hydrogen) atoms. The summed E-state index contributed by atoms with van der Waals surface area (Å²) in [6.07, 6.45) is 0.351. The molecule has 2 aromatic rings. The van der Waals surface area contributed by atoms with Gasteiger partial charge in [-0.3, -0.25) is 4.79 Å². The lowest BCUT2D eigenvalue weighted by Gasteiger charge is -2.06. The van der Waals surface area contributed by atoms with E-state index in [0.29, 0.717) is 17.0 Å². The fourth-order valence-corrected chi connectivity index (χ4v) is 3.00. The van der Waals surface area contributed by atoms with Gasteiger partial charge in [-0.15, -0.1) is 0 Å². The highest BCUT2D eigenvalue weighted by Gasteiger charge is 2.11. The molecule has 92 valence electrons. The average Bonchev–Trinajstić information content (AvgIpc) is 2.34. The highest BCUT2D eigenvalue weighted by atomic mass is 79.9. The van der Waals surface area contributed by atoms with Gasteiger partial charge in [0, 0.05) is 26.0 Å². The largest absolute Gasteiger partial charge is 0.294 e. The van der Waals surface area contributed by atoms with E-state index in [9.17, 15) is 4.79 Å². The first-order valence-electron chi connectivity index (χ1n) is 5.29. The van der Waals surface area contributed by atoms with Crippen LogP contribution in [0.1, 0.15) is 15.9 Å². The molecule has 0 heterocycles. The van der Waals surface area contributed by atoms with Crippen molar-refractivity contribution in [2.24, 2.45) is 0 Å². The zero-order chi connectivity index (χ0) is 13.1. The minimum absolute atomic E-state index is 0.0688. The van der Waals surface area contributed by atoms with E-state index in [1.807, 2.05) is 18.2 Å². The predicted octanol–water partition coefficient (Wildman–Crippen LogP) is 5.29. The van der Waals surface area contributed by atoms with Gasteiger partial charge in [-0.1, -0.05) is 49.5 Å². The zero-order valence-electron chi connectivity index (χ0n) is 9.29. The van der Waals surface area contributed by atoms with Gasteiger partial charge in [-0.2, -0.15) is 0 Å². The van der Waals surface area contributed by atoms with E-state index < -0.39 is 0 Å². The van der Waals surface area contributed by atoms with Crippen LogP contribution in [-0.4, -0.2) is 5.78 Å². The van der Waals surface area contributed by atoms with Crippen LogP contribution in [0.3, 0.4) is 0 Å². The summed E-state index contributed by atoms with van der Waals surface area (Å²) in [5, 5.41) is 0.633. The number of carbonyl (C=O) groups is 1. The van der Waals surface area contributed by atoms with Crippen molar-refractivity contribution in [1.29, 1.82) is 0 Å². The molecule has 0 unspecified atom stereocenters. The summed E-state index contributed by atoms with van der Waals surface area (Å²) in [6.45, 7) is 0. The van der Waals surface area contributed by atoms with Crippen molar-refractivity contribution in [2.75, 3.05) is 0 Å². The second-order valence-corrected chi connectivity index (χ2v) is 5.95. The Kier molecular flexibility index (Phi) is 4.60. The second kappa shape index (κ2) is 6.00. The third-order valence-corrected chi connectivity index (χ3v) is 4.30. The van der Waals surface area contributed by atoms with Gasteiger partial charge in [0.15, 0.2) is 5.78 Å². The van der Waals surface area contributed by atoms with E-state index in [-0.39, 0.29) is 5.78 Å². The average molecular weight is 388 g/mol. The SMILES string of the molecule is O=C(Cc1c(Br)cccc1Br)c1ccc(Cl)cc1. The summed E-state index contributed by atoms with van der Waals surface area (Å²) in [7, 11) is 0. The number of halogens is 3. The highest BCUT2D eigenvalue weighted by Crippen LogP contribution is 2.26. The van der Waals surface area contributed by atoms with Crippen LogP contribution in [0.4, 0.5) is 0 Å². The van der Waals surface area contributed by atoms with Crippen molar-refractivity contribution >= 4 is 49.2 Å². The summed E-state index contributed by atoms with van der Waals surface area (Å²) in [4.78, 5) is 12.1. The number of benzene rings is 2. The molecule has 0 atom stereocenters.